The standard InChI is InChI=1S/C10H9N5O3/c11-14-12-6-9-5-10(13-18-9)7-1-3-8(4-2-7)15(16)17/h1-4,9H,5-6H2. The molecule has 1 aliphatic heterocycles. The first-order valence-corrected chi connectivity index (χ1v) is 5.19. The van der Waals surface area contributed by atoms with E-state index >= 15 is 0 Å². The van der Waals surface area contributed by atoms with Gasteiger partial charge in [-0.25, -0.2) is 0 Å². The number of nitro benzene ring substituents is 1. The van der Waals surface area contributed by atoms with Crippen molar-refractivity contribution in [2.75, 3.05) is 6.54 Å². The molecule has 1 heterocycles. The highest BCUT2D eigenvalue weighted by Gasteiger charge is 2.21. The molecule has 0 fully saturated rings. The van der Waals surface area contributed by atoms with Crippen LogP contribution in [0.4, 0.5) is 5.69 Å². The molecule has 8 nitrogen and oxygen atoms in total. The normalized spacial score (nSPS) is 17.6. The molecule has 2 rings (SSSR count). The topological polar surface area (TPSA) is 113 Å². The van der Waals surface area contributed by atoms with Gasteiger partial charge in [-0.05, 0) is 23.2 Å². The molecule has 0 radical (unpaired) electrons. The van der Waals surface area contributed by atoms with Gasteiger partial charge in [0.1, 0.15) is 6.10 Å². The lowest BCUT2D eigenvalue weighted by molar-refractivity contribution is -0.384. The zero-order chi connectivity index (χ0) is 13.0. The molecule has 0 aliphatic carbocycles. The van der Waals surface area contributed by atoms with Gasteiger partial charge in [0, 0.05) is 23.5 Å². The van der Waals surface area contributed by atoms with E-state index < -0.39 is 4.92 Å². The molecule has 0 aromatic heterocycles. The maximum absolute atomic E-state index is 10.5. The Kier molecular flexibility index (Phi) is 3.40. The summed E-state index contributed by atoms with van der Waals surface area (Å²) in [7, 11) is 0. The van der Waals surface area contributed by atoms with E-state index in [0.29, 0.717) is 12.1 Å². The molecule has 0 N–H and O–H groups in total. The van der Waals surface area contributed by atoms with Crippen molar-refractivity contribution in [2.45, 2.75) is 12.5 Å². The Balaban J connectivity index is 2.05. The second-order valence-corrected chi connectivity index (χ2v) is 3.69. The van der Waals surface area contributed by atoms with E-state index in [1.807, 2.05) is 0 Å². The second kappa shape index (κ2) is 5.15. The lowest BCUT2D eigenvalue weighted by Crippen LogP contribution is -2.11. The predicted octanol–water partition coefficient (Wildman–Crippen LogP) is 2.40. The Hall–Kier alpha value is -2.60. The van der Waals surface area contributed by atoms with E-state index in [4.69, 9.17) is 10.4 Å². The molecule has 0 saturated heterocycles. The van der Waals surface area contributed by atoms with Crippen molar-refractivity contribution in [1.82, 2.24) is 0 Å². The van der Waals surface area contributed by atoms with Crippen molar-refractivity contribution in [1.29, 1.82) is 0 Å². The predicted molar refractivity (Wildman–Crippen MR) is 63.1 cm³/mol. The van der Waals surface area contributed by atoms with Crippen molar-refractivity contribution >= 4 is 11.4 Å². The molecule has 1 aromatic rings. The first kappa shape index (κ1) is 11.9. The molecule has 1 aliphatic rings. The quantitative estimate of drug-likeness (QED) is 0.267. The van der Waals surface area contributed by atoms with Crippen LogP contribution in [0.25, 0.3) is 10.4 Å². The smallest absolute Gasteiger partial charge is 0.269 e. The van der Waals surface area contributed by atoms with Gasteiger partial charge in [0.25, 0.3) is 5.69 Å². The highest BCUT2D eigenvalue weighted by Crippen LogP contribution is 2.19. The minimum absolute atomic E-state index is 0.0314. The summed E-state index contributed by atoms with van der Waals surface area (Å²) in [6.07, 6.45) is 0.266. The Bertz CT molecular complexity index is 533. The SMILES string of the molecule is [N-]=[N+]=NCC1CC(c2ccc([N+](=O)[O-])cc2)=NO1. The Morgan fingerprint density at radius 1 is 1.56 bits per heavy atom. The number of nitro groups is 1. The fourth-order valence-corrected chi connectivity index (χ4v) is 1.60. The lowest BCUT2D eigenvalue weighted by atomic mass is 10.0. The fourth-order valence-electron chi connectivity index (χ4n) is 1.60. The van der Waals surface area contributed by atoms with Crippen LogP contribution < -0.4 is 0 Å². The minimum atomic E-state index is -0.457. The average molecular weight is 247 g/mol. The third kappa shape index (κ3) is 2.55. The van der Waals surface area contributed by atoms with Crippen LogP contribution >= 0.6 is 0 Å². The van der Waals surface area contributed by atoms with Crippen LogP contribution in [0.2, 0.25) is 0 Å². The first-order valence-electron chi connectivity index (χ1n) is 5.19. The summed E-state index contributed by atoms with van der Waals surface area (Å²) in [4.78, 5) is 17.8. The first-order chi connectivity index (χ1) is 8.70. The zero-order valence-electron chi connectivity index (χ0n) is 9.26. The zero-order valence-corrected chi connectivity index (χ0v) is 9.26. The second-order valence-electron chi connectivity index (χ2n) is 3.69. The number of hydrogen-bond donors (Lipinski definition) is 0. The Morgan fingerprint density at radius 3 is 2.89 bits per heavy atom. The van der Waals surface area contributed by atoms with Gasteiger partial charge >= 0.3 is 0 Å². The summed E-state index contributed by atoms with van der Waals surface area (Å²) >= 11 is 0. The van der Waals surface area contributed by atoms with Crippen molar-refractivity contribution in [2.24, 2.45) is 10.3 Å². The van der Waals surface area contributed by atoms with Gasteiger partial charge in [-0.2, -0.15) is 0 Å². The Morgan fingerprint density at radius 2 is 2.28 bits per heavy atom. The molecule has 8 heteroatoms. The maximum Gasteiger partial charge on any atom is 0.269 e. The molecule has 0 amide bonds. The van der Waals surface area contributed by atoms with Crippen molar-refractivity contribution < 1.29 is 9.76 Å². The Labute approximate surface area is 102 Å². The molecule has 92 valence electrons. The number of non-ortho nitro benzene ring substituents is 1. The number of benzene rings is 1. The maximum atomic E-state index is 10.5. The van der Waals surface area contributed by atoms with Crippen LogP contribution in [0, 0.1) is 10.1 Å². The summed E-state index contributed by atoms with van der Waals surface area (Å²) in [5.41, 5.74) is 9.69. The largest absolute Gasteiger partial charge is 0.392 e. The van der Waals surface area contributed by atoms with Crippen LogP contribution in [-0.4, -0.2) is 23.3 Å². The van der Waals surface area contributed by atoms with Crippen LogP contribution in [0.15, 0.2) is 34.5 Å². The van der Waals surface area contributed by atoms with Crippen molar-refractivity contribution in [3.63, 3.8) is 0 Å². The molecule has 0 saturated carbocycles. The van der Waals surface area contributed by atoms with Gasteiger partial charge in [-0.3, -0.25) is 10.1 Å². The van der Waals surface area contributed by atoms with Gasteiger partial charge in [-0.1, -0.05) is 10.3 Å². The molecule has 0 bridgehead atoms. The van der Waals surface area contributed by atoms with Gasteiger partial charge in [0.05, 0.1) is 17.2 Å². The summed E-state index contributed by atoms with van der Waals surface area (Å²) in [5.74, 6) is 0. The van der Waals surface area contributed by atoms with Crippen LogP contribution in [0.1, 0.15) is 12.0 Å². The third-order valence-electron chi connectivity index (χ3n) is 2.49. The van der Waals surface area contributed by atoms with E-state index in [1.165, 1.54) is 12.1 Å². The molecule has 1 atom stereocenters. The number of azide groups is 1. The highest BCUT2D eigenvalue weighted by atomic mass is 16.6. The van der Waals surface area contributed by atoms with E-state index in [1.54, 1.807) is 12.1 Å². The van der Waals surface area contributed by atoms with Gasteiger partial charge in [0.2, 0.25) is 0 Å². The van der Waals surface area contributed by atoms with Crippen LogP contribution in [-0.2, 0) is 4.84 Å². The summed E-state index contributed by atoms with van der Waals surface area (Å²) < 4.78 is 0. The molecule has 18 heavy (non-hydrogen) atoms. The van der Waals surface area contributed by atoms with E-state index in [-0.39, 0.29) is 18.3 Å². The van der Waals surface area contributed by atoms with E-state index in [2.05, 4.69) is 15.2 Å². The minimum Gasteiger partial charge on any atom is -0.392 e. The third-order valence-corrected chi connectivity index (χ3v) is 2.49. The summed E-state index contributed by atoms with van der Waals surface area (Å²) in [6.45, 7) is 0.219. The molecule has 0 spiro atoms. The van der Waals surface area contributed by atoms with Crippen molar-refractivity contribution in [3.05, 3.63) is 50.4 Å². The number of nitrogens with zero attached hydrogens (tertiary/aromatic N) is 5. The summed E-state index contributed by atoms with van der Waals surface area (Å²) in [5, 5.41) is 17.8. The van der Waals surface area contributed by atoms with Gasteiger partial charge in [-0.15, -0.1) is 0 Å². The number of oxime groups is 1. The highest BCUT2D eigenvalue weighted by molar-refractivity contribution is 6.01. The number of rotatable bonds is 4. The number of hydrogen-bond acceptors (Lipinski definition) is 5. The van der Waals surface area contributed by atoms with Crippen LogP contribution in [0.3, 0.4) is 0 Å². The van der Waals surface area contributed by atoms with E-state index in [0.717, 1.165) is 5.56 Å². The average Bonchev–Trinajstić information content (AvgIpc) is 2.85. The molecule has 1 aromatic carbocycles. The molecule has 1 unspecified atom stereocenters. The van der Waals surface area contributed by atoms with Gasteiger partial charge < -0.3 is 4.84 Å². The fraction of sp³-hybridized carbons (Fsp3) is 0.300. The monoisotopic (exact) mass is 247 g/mol. The molecular formula is C10H9N5O3. The lowest BCUT2D eigenvalue weighted by Gasteiger charge is -2.02. The van der Waals surface area contributed by atoms with Crippen LogP contribution in [0.5, 0.6) is 0 Å². The molecular weight excluding hydrogens is 238 g/mol. The van der Waals surface area contributed by atoms with Crippen molar-refractivity contribution in [3.8, 4) is 0 Å². The van der Waals surface area contributed by atoms with Gasteiger partial charge in [0.15, 0.2) is 0 Å². The van der Waals surface area contributed by atoms with E-state index in [9.17, 15) is 10.1 Å². The summed E-state index contributed by atoms with van der Waals surface area (Å²) in [6, 6.07) is 6.07.